The summed E-state index contributed by atoms with van der Waals surface area (Å²) in [6, 6.07) is 0. The first kappa shape index (κ1) is 36.6. The Hall–Kier alpha value is 1.42. The molecule has 0 amide bonds. The van der Waals surface area contributed by atoms with E-state index in [1.807, 2.05) is 0 Å². The van der Waals surface area contributed by atoms with Gasteiger partial charge in [-0.3, -0.25) is 25.3 Å². The maximum atomic E-state index is 8.52. The first-order chi connectivity index (χ1) is 6.00. The van der Waals surface area contributed by atoms with Gasteiger partial charge in [0, 0.05) is 31.2 Å². The molecule has 18 heteroatoms. The number of hydrogen-bond acceptors (Lipinski definition) is 12. The molecule has 0 heterocycles. The van der Waals surface area contributed by atoms with Crippen molar-refractivity contribution in [3.05, 3.63) is 0 Å². The maximum absolute atomic E-state index is 8.52. The molecular formula is H2Fe2MgO12S3. The van der Waals surface area contributed by atoms with Crippen LogP contribution in [0, 0.1) is 0 Å². The summed E-state index contributed by atoms with van der Waals surface area (Å²) in [5.74, 6) is 0. The zero-order valence-electron chi connectivity index (χ0n) is 9.54. The van der Waals surface area contributed by atoms with Crippen molar-refractivity contribution in [1.29, 1.82) is 0 Å². The molecule has 0 rings (SSSR count). The summed E-state index contributed by atoms with van der Waals surface area (Å²) in [5.41, 5.74) is 0. The molecule has 0 aliphatic carbocycles. The van der Waals surface area contributed by atoms with Gasteiger partial charge in [0.15, 0.2) is 0 Å². The molecule has 0 saturated carbocycles. The van der Waals surface area contributed by atoms with Gasteiger partial charge in [-0.1, -0.05) is 0 Å². The van der Waals surface area contributed by atoms with Crippen molar-refractivity contribution in [3.8, 4) is 0 Å². The second-order valence-corrected chi connectivity index (χ2v) is 3.67. The minimum Gasteiger partial charge on any atom is -1.00 e. The summed E-state index contributed by atoms with van der Waals surface area (Å²) >= 11 is 0. The SMILES string of the molecule is O=S(=O)([O-])[O-].O=S(=O)([O-])[O-].O=S(=O)([O-])[O-].[Fe+3].[Fe+3].[H-].[H-].[Mg+2]. The van der Waals surface area contributed by atoms with Gasteiger partial charge in [0.2, 0.25) is 0 Å². The number of hydrogen-bond donors (Lipinski definition) is 0. The van der Waals surface area contributed by atoms with E-state index >= 15 is 0 Å². The molecule has 0 aromatic rings. The Kier molecular flexibility index (Phi) is 30.1. The van der Waals surface area contributed by atoms with E-state index in [0.717, 1.165) is 0 Å². The van der Waals surface area contributed by atoms with E-state index in [0.29, 0.717) is 0 Å². The number of rotatable bonds is 0. The summed E-state index contributed by atoms with van der Waals surface area (Å²) in [4.78, 5) is 0. The molecule has 0 spiro atoms. The third kappa shape index (κ3) is 2340. The Labute approximate surface area is 143 Å². The molecule has 0 aromatic heterocycles. The van der Waals surface area contributed by atoms with Gasteiger partial charge in [-0.15, -0.1) is 0 Å². The van der Waals surface area contributed by atoms with E-state index in [-0.39, 0.29) is 60.0 Å². The molecule has 12 nitrogen and oxygen atoms in total. The van der Waals surface area contributed by atoms with Gasteiger partial charge in [0.1, 0.15) is 0 Å². The Morgan fingerprint density at radius 3 is 0.500 bits per heavy atom. The molecule has 0 bridgehead atoms. The van der Waals surface area contributed by atoms with Crippen LogP contribution in [0.3, 0.4) is 0 Å². The minimum absolute atomic E-state index is 0. The van der Waals surface area contributed by atoms with Crippen molar-refractivity contribution in [2.24, 2.45) is 0 Å². The van der Waals surface area contributed by atoms with Crippen LogP contribution in [-0.2, 0) is 65.3 Å². The fraction of sp³-hybridized carbons (Fsp3) is 0. The molecule has 0 N–H and O–H groups in total. The molecular weight excluding hydrogens is 424 g/mol. The van der Waals surface area contributed by atoms with Gasteiger partial charge >= 0.3 is 57.2 Å². The Balaban J connectivity index is -0.0000000160. The predicted molar refractivity (Wildman–Crippen MR) is 39.4 cm³/mol. The summed E-state index contributed by atoms with van der Waals surface area (Å²) in [6.45, 7) is 0. The van der Waals surface area contributed by atoms with Crippen molar-refractivity contribution in [2.75, 3.05) is 0 Å². The van der Waals surface area contributed by atoms with E-state index in [2.05, 4.69) is 0 Å². The summed E-state index contributed by atoms with van der Waals surface area (Å²) in [5, 5.41) is 0. The normalized spacial score (nSPS) is 9.67. The van der Waals surface area contributed by atoms with Gasteiger partial charge in [-0.05, 0) is 0 Å². The first-order valence-electron chi connectivity index (χ1n) is 2.00. The van der Waals surface area contributed by atoms with Gasteiger partial charge < -0.3 is 30.2 Å². The van der Waals surface area contributed by atoms with E-state index in [1.165, 1.54) is 0 Å². The zero-order chi connectivity index (χ0) is 13.5. The van der Waals surface area contributed by atoms with Gasteiger partial charge in [-0.25, -0.2) is 0 Å². The smallest absolute Gasteiger partial charge is 1.00 e. The van der Waals surface area contributed by atoms with Crippen LogP contribution in [0.4, 0.5) is 0 Å². The second kappa shape index (κ2) is 14.8. The van der Waals surface area contributed by atoms with Crippen molar-refractivity contribution >= 4 is 54.2 Å². The van der Waals surface area contributed by atoms with Crippen LogP contribution in [0.15, 0.2) is 0 Å². The topological polar surface area (TPSA) is 241 Å². The van der Waals surface area contributed by atoms with Gasteiger partial charge in [0.05, 0.1) is 0 Å². The molecule has 0 unspecified atom stereocenters. The minimum atomic E-state index is -5.17. The zero-order valence-corrected chi connectivity index (χ0v) is 13.6. The average Bonchev–Trinajstić information content (AvgIpc) is 1.41. The summed E-state index contributed by atoms with van der Waals surface area (Å²) in [7, 11) is -15.5. The van der Waals surface area contributed by atoms with Crippen LogP contribution in [0.1, 0.15) is 2.85 Å². The predicted octanol–water partition coefficient (Wildman–Crippen LogP) is -4.17. The van der Waals surface area contributed by atoms with Crippen LogP contribution in [0.25, 0.3) is 0 Å². The van der Waals surface area contributed by atoms with Crippen molar-refractivity contribution in [1.82, 2.24) is 0 Å². The van der Waals surface area contributed by atoms with E-state index in [1.54, 1.807) is 0 Å². The third-order valence-corrected chi connectivity index (χ3v) is 0. The molecule has 0 aliphatic heterocycles. The largest absolute Gasteiger partial charge is 3.00 e. The molecule has 0 saturated heterocycles. The fourth-order valence-corrected chi connectivity index (χ4v) is 0. The summed E-state index contributed by atoms with van der Waals surface area (Å²) in [6.07, 6.45) is 0. The van der Waals surface area contributed by atoms with Gasteiger partial charge in [-0.2, -0.15) is 0 Å². The van der Waals surface area contributed by atoms with E-state index < -0.39 is 31.2 Å². The molecule has 110 valence electrons. The Bertz CT molecular complexity index is 356. The molecule has 18 heavy (non-hydrogen) atoms. The average molecular weight is 426 g/mol. The Morgan fingerprint density at radius 2 is 0.500 bits per heavy atom. The fourth-order valence-electron chi connectivity index (χ4n) is 0. The standard InChI is InChI=1S/2Fe.Mg.3H2O4S.2H/c;;;3*1-5(2,3)4;;/h;;;3*(H2,1,2,3,4);;/q2*+3;+2;;;;2*-1/p-6. The van der Waals surface area contributed by atoms with Crippen LogP contribution in [0.5, 0.6) is 0 Å². The van der Waals surface area contributed by atoms with Crippen molar-refractivity contribution in [3.63, 3.8) is 0 Å². The van der Waals surface area contributed by atoms with Gasteiger partial charge in [0.25, 0.3) is 0 Å². The van der Waals surface area contributed by atoms with E-state index in [9.17, 15) is 0 Å². The molecule has 0 fully saturated rings. The molecule has 0 aliphatic rings. The second-order valence-electron chi connectivity index (χ2n) is 1.22. The third-order valence-electron chi connectivity index (χ3n) is 0. The first-order valence-corrected chi connectivity index (χ1v) is 6.00. The Morgan fingerprint density at radius 1 is 0.500 bits per heavy atom. The van der Waals surface area contributed by atoms with E-state index in [4.69, 9.17) is 52.6 Å². The van der Waals surface area contributed by atoms with Crippen LogP contribution in [0.2, 0.25) is 0 Å². The van der Waals surface area contributed by atoms with Crippen molar-refractivity contribution < 1.29 is 89.6 Å². The summed E-state index contributed by atoms with van der Waals surface area (Å²) < 4.78 is 102. The molecule has 0 atom stereocenters. The quantitative estimate of drug-likeness (QED) is 0.203. The van der Waals surface area contributed by atoms with Crippen LogP contribution < -0.4 is 0 Å². The van der Waals surface area contributed by atoms with Crippen molar-refractivity contribution in [2.45, 2.75) is 0 Å². The monoisotopic (exact) mass is 426 g/mol. The molecule has 2 radical (unpaired) electrons. The van der Waals surface area contributed by atoms with Crippen LogP contribution in [-0.4, -0.2) is 75.6 Å². The molecule has 0 aromatic carbocycles. The maximum Gasteiger partial charge on any atom is 3.00 e. The van der Waals surface area contributed by atoms with Crippen LogP contribution >= 0.6 is 0 Å².